The highest BCUT2D eigenvalue weighted by molar-refractivity contribution is 7.78. The monoisotopic (exact) mass is 288 g/mol. The minimum absolute atomic E-state index is 0.477. The normalized spacial score (nSPS) is 12.3. The molecule has 0 radical (unpaired) electrons. The topological polar surface area (TPSA) is 37.3 Å². The number of benzene rings is 2. The highest BCUT2D eigenvalue weighted by atomic mass is 31.2. The molecule has 3 heteroatoms. The van der Waals surface area contributed by atoms with Crippen molar-refractivity contribution in [1.82, 2.24) is 0 Å². The lowest BCUT2D eigenvalue weighted by molar-refractivity contribution is 0.0773. The zero-order valence-electron chi connectivity index (χ0n) is 12.0. The Hall–Kier alpha value is -1.37. The van der Waals surface area contributed by atoms with Gasteiger partial charge in [0, 0.05) is 16.8 Å². The van der Waals surface area contributed by atoms with Crippen molar-refractivity contribution in [3.05, 3.63) is 60.7 Å². The second-order valence-corrected chi connectivity index (χ2v) is 8.66. The molecule has 0 amide bonds. The average Bonchev–Trinajstić information content (AvgIpc) is 2.46. The van der Waals surface area contributed by atoms with Gasteiger partial charge >= 0.3 is 0 Å². The molecular weight excluding hydrogens is 267 g/mol. The minimum Gasteiger partial charge on any atom is -0.390 e. The summed E-state index contributed by atoms with van der Waals surface area (Å²) in [6.07, 6.45) is 0.985. The van der Waals surface area contributed by atoms with Crippen molar-refractivity contribution in [2.24, 2.45) is 0 Å². The van der Waals surface area contributed by atoms with Gasteiger partial charge in [0.15, 0.2) is 0 Å². The molecule has 0 saturated carbocycles. The van der Waals surface area contributed by atoms with Gasteiger partial charge in [0.1, 0.15) is 7.14 Å². The van der Waals surface area contributed by atoms with E-state index in [1.165, 1.54) is 0 Å². The van der Waals surface area contributed by atoms with Crippen LogP contribution in [0.2, 0.25) is 0 Å². The van der Waals surface area contributed by atoms with Gasteiger partial charge in [-0.05, 0) is 20.3 Å². The highest BCUT2D eigenvalue weighted by Gasteiger charge is 2.29. The van der Waals surface area contributed by atoms with E-state index in [1.807, 2.05) is 60.7 Å². The molecule has 0 fully saturated rings. The van der Waals surface area contributed by atoms with E-state index in [9.17, 15) is 9.67 Å². The van der Waals surface area contributed by atoms with Gasteiger partial charge in [-0.3, -0.25) is 0 Å². The van der Waals surface area contributed by atoms with E-state index >= 15 is 0 Å². The fraction of sp³-hybridized carbons (Fsp3) is 0.294. The number of hydrogen-bond acceptors (Lipinski definition) is 2. The van der Waals surface area contributed by atoms with Crippen molar-refractivity contribution in [3.8, 4) is 0 Å². The summed E-state index contributed by atoms with van der Waals surface area (Å²) in [6.45, 7) is 3.51. The Kier molecular flexibility index (Phi) is 4.47. The van der Waals surface area contributed by atoms with E-state index in [4.69, 9.17) is 0 Å². The molecule has 106 valence electrons. The molecule has 0 saturated heterocycles. The van der Waals surface area contributed by atoms with Crippen molar-refractivity contribution in [3.63, 3.8) is 0 Å². The van der Waals surface area contributed by atoms with E-state index in [0.29, 0.717) is 12.6 Å². The Bertz CT molecular complexity index is 542. The molecular formula is C17H21O2P. The maximum Gasteiger partial charge on any atom is 0.143 e. The largest absolute Gasteiger partial charge is 0.390 e. The maximum atomic E-state index is 13.6. The van der Waals surface area contributed by atoms with Crippen LogP contribution in [0.3, 0.4) is 0 Å². The summed E-state index contributed by atoms with van der Waals surface area (Å²) in [6, 6.07) is 19.2. The van der Waals surface area contributed by atoms with Crippen molar-refractivity contribution in [2.75, 3.05) is 6.16 Å². The van der Waals surface area contributed by atoms with E-state index in [1.54, 1.807) is 13.8 Å². The Balaban J connectivity index is 2.42. The number of rotatable bonds is 5. The van der Waals surface area contributed by atoms with Crippen LogP contribution in [-0.4, -0.2) is 16.9 Å². The van der Waals surface area contributed by atoms with Crippen LogP contribution in [0.25, 0.3) is 0 Å². The third-order valence-corrected chi connectivity index (χ3v) is 6.50. The fourth-order valence-electron chi connectivity index (χ4n) is 2.18. The van der Waals surface area contributed by atoms with Gasteiger partial charge in [0.2, 0.25) is 0 Å². The molecule has 0 spiro atoms. The van der Waals surface area contributed by atoms with Crippen LogP contribution >= 0.6 is 7.14 Å². The third-order valence-electron chi connectivity index (χ3n) is 3.39. The molecule has 1 N–H and O–H groups in total. The molecule has 2 aromatic rings. The fourth-order valence-corrected chi connectivity index (χ4v) is 5.16. The van der Waals surface area contributed by atoms with Gasteiger partial charge < -0.3 is 9.67 Å². The van der Waals surface area contributed by atoms with Crippen LogP contribution in [0.4, 0.5) is 0 Å². The minimum atomic E-state index is -2.68. The molecule has 0 heterocycles. The Morgan fingerprint density at radius 1 is 0.900 bits per heavy atom. The van der Waals surface area contributed by atoms with E-state index < -0.39 is 12.7 Å². The molecule has 20 heavy (non-hydrogen) atoms. The summed E-state index contributed by atoms with van der Waals surface area (Å²) >= 11 is 0. The van der Waals surface area contributed by atoms with Crippen molar-refractivity contribution in [2.45, 2.75) is 25.9 Å². The second kappa shape index (κ2) is 5.95. The Morgan fingerprint density at radius 2 is 1.30 bits per heavy atom. The van der Waals surface area contributed by atoms with Crippen LogP contribution in [0, 0.1) is 0 Å². The van der Waals surface area contributed by atoms with Crippen molar-refractivity contribution in [1.29, 1.82) is 0 Å². The van der Waals surface area contributed by atoms with Gasteiger partial charge in [0.05, 0.1) is 5.60 Å². The van der Waals surface area contributed by atoms with Crippen LogP contribution in [0.5, 0.6) is 0 Å². The predicted molar refractivity (Wildman–Crippen MR) is 85.5 cm³/mol. The van der Waals surface area contributed by atoms with Crippen LogP contribution in [0.1, 0.15) is 20.3 Å². The third kappa shape index (κ3) is 3.59. The highest BCUT2D eigenvalue weighted by Crippen LogP contribution is 2.44. The molecule has 0 aliphatic carbocycles. The van der Waals surface area contributed by atoms with Crippen molar-refractivity contribution < 1.29 is 9.67 Å². The lowest BCUT2D eigenvalue weighted by atomic mass is 10.1. The number of hydrogen-bond donors (Lipinski definition) is 1. The lowest BCUT2D eigenvalue weighted by Crippen LogP contribution is -2.25. The number of aliphatic hydroxyl groups is 1. The summed E-state index contributed by atoms with van der Waals surface area (Å²) in [4.78, 5) is 0. The molecule has 0 aliphatic heterocycles. The predicted octanol–water partition coefficient (Wildman–Crippen LogP) is 3.16. The standard InChI is InChI=1S/C17H21O2P/c1-17(2,18)13-14-20(19,15-9-5-3-6-10-15)16-11-7-4-8-12-16/h3-12,18H,13-14H2,1-2H3. The molecule has 0 aromatic heterocycles. The van der Waals surface area contributed by atoms with E-state index in [-0.39, 0.29) is 0 Å². The quantitative estimate of drug-likeness (QED) is 0.858. The van der Waals surface area contributed by atoms with Crippen LogP contribution in [0.15, 0.2) is 60.7 Å². The zero-order chi connectivity index (χ0) is 14.6. The van der Waals surface area contributed by atoms with Gasteiger partial charge in [-0.1, -0.05) is 60.7 Å². The van der Waals surface area contributed by atoms with Crippen LogP contribution < -0.4 is 10.6 Å². The lowest BCUT2D eigenvalue weighted by Gasteiger charge is -2.23. The summed E-state index contributed by atoms with van der Waals surface area (Å²) in [5.74, 6) is 0. The summed E-state index contributed by atoms with van der Waals surface area (Å²) in [7, 11) is -2.68. The van der Waals surface area contributed by atoms with E-state index in [2.05, 4.69) is 0 Å². The first-order valence-electron chi connectivity index (χ1n) is 6.84. The molecule has 0 aliphatic rings. The van der Waals surface area contributed by atoms with Crippen LogP contribution in [-0.2, 0) is 4.57 Å². The van der Waals surface area contributed by atoms with Gasteiger partial charge in [0.25, 0.3) is 0 Å². The SMILES string of the molecule is CC(C)(O)CCP(=O)(c1ccccc1)c1ccccc1. The smallest absolute Gasteiger partial charge is 0.143 e. The first-order valence-corrected chi connectivity index (χ1v) is 8.74. The molecule has 0 atom stereocenters. The first-order chi connectivity index (χ1) is 9.42. The molecule has 0 bridgehead atoms. The summed E-state index contributed by atoms with van der Waals surface area (Å²) < 4.78 is 13.6. The van der Waals surface area contributed by atoms with E-state index in [0.717, 1.165) is 10.6 Å². The Labute approximate surface area is 120 Å². The first kappa shape index (κ1) is 15.0. The summed E-state index contributed by atoms with van der Waals surface area (Å²) in [5.41, 5.74) is -0.806. The Morgan fingerprint density at radius 3 is 1.65 bits per heavy atom. The van der Waals surface area contributed by atoms with Gasteiger partial charge in [-0.15, -0.1) is 0 Å². The van der Waals surface area contributed by atoms with Gasteiger partial charge in [-0.2, -0.15) is 0 Å². The van der Waals surface area contributed by atoms with Crippen molar-refractivity contribution >= 4 is 17.8 Å². The molecule has 2 nitrogen and oxygen atoms in total. The summed E-state index contributed by atoms with van der Waals surface area (Å²) in [5, 5.41) is 11.7. The second-order valence-electron chi connectivity index (χ2n) is 5.70. The molecule has 2 aromatic carbocycles. The zero-order valence-corrected chi connectivity index (χ0v) is 12.9. The molecule has 2 rings (SSSR count). The molecule has 0 unspecified atom stereocenters. The maximum absolute atomic E-state index is 13.6. The average molecular weight is 288 g/mol. The van der Waals surface area contributed by atoms with Gasteiger partial charge in [-0.25, -0.2) is 0 Å².